The number of benzene rings is 1. The number of nitrogens with two attached hydrogens (primary N) is 1. The second-order valence-electron chi connectivity index (χ2n) is 7.67. The van der Waals surface area contributed by atoms with Gasteiger partial charge in [0.15, 0.2) is 5.58 Å². The first kappa shape index (κ1) is 17.4. The molecule has 3 aromatic heterocycles. The summed E-state index contributed by atoms with van der Waals surface area (Å²) in [6.45, 7) is 3.99. The Hall–Kier alpha value is -3.68. The van der Waals surface area contributed by atoms with Gasteiger partial charge in [0.2, 0.25) is 5.91 Å². The first-order valence-electron chi connectivity index (χ1n) is 9.40. The van der Waals surface area contributed by atoms with E-state index in [-0.39, 0.29) is 11.8 Å². The van der Waals surface area contributed by atoms with Crippen LogP contribution in [0.15, 0.2) is 39.7 Å². The van der Waals surface area contributed by atoms with E-state index in [1.165, 1.54) is 0 Å². The number of amides is 1. The number of hydrogen-bond acceptors (Lipinski definition) is 6. The summed E-state index contributed by atoms with van der Waals surface area (Å²) in [4.78, 5) is 35.1. The average molecular weight is 389 g/mol. The van der Waals surface area contributed by atoms with Gasteiger partial charge in [-0.25, -0.2) is 14.8 Å². The smallest absolute Gasteiger partial charge is 0.408 e. The van der Waals surface area contributed by atoms with Crippen LogP contribution in [-0.4, -0.2) is 20.9 Å². The molecule has 146 valence electrons. The average Bonchev–Trinajstić information content (AvgIpc) is 3.29. The number of nitrogens with one attached hydrogen (secondary N) is 2. The quantitative estimate of drug-likeness (QED) is 0.494. The fraction of sp³-hybridized carbons (Fsp3) is 0.238. The molecule has 1 aromatic carbocycles. The van der Waals surface area contributed by atoms with E-state index in [2.05, 4.69) is 27.2 Å². The number of pyridine rings is 2. The van der Waals surface area contributed by atoms with Gasteiger partial charge in [-0.3, -0.25) is 9.78 Å². The van der Waals surface area contributed by atoms with Gasteiger partial charge in [0.1, 0.15) is 11.6 Å². The number of H-pyrrole nitrogens is 1. The van der Waals surface area contributed by atoms with Crippen molar-refractivity contribution in [1.82, 2.24) is 15.0 Å². The van der Waals surface area contributed by atoms with Gasteiger partial charge in [0.25, 0.3) is 0 Å². The molecule has 1 amide bonds. The third kappa shape index (κ3) is 3.02. The van der Waals surface area contributed by atoms with Gasteiger partial charge in [-0.1, -0.05) is 6.92 Å². The van der Waals surface area contributed by atoms with E-state index in [1.807, 2.05) is 19.1 Å². The number of aromatic nitrogens is 3. The van der Waals surface area contributed by atoms with Gasteiger partial charge in [-0.2, -0.15) is 0 Å². The van der Waals surface area contributed by atoms with Crippen LogP contribution >= 0.6 is 0 Å². The third-order valence-corrected chi connectivity index (χ3v) is 5.48. The highest BCUT2D eigenvalue weighted by Crippen LogP contribution is 2.38. The maximum absolute atomic E-state index is 12.2. The van der Waals surface area contributed by atoms with Crippen molar-refractivity contribution in [2.24, 2.45) is 11.8 Å². The topological polar surface area (TPSA) is 127 Å². The van der Waals surface area contributed by atoms with Crippen LogP contribution < -0.4 is 16.8 Å². The number of hydrogen-bond donors (Lipinski definition) is 3. The maximum Gasteiger partial charge on any atom is 0.417 e. The number of nitrogens with zero attached hydrogens (tertiary/aromatic N) is 2. The first-order chi connectivity index (χ1) is 13.9. The van der Waals surface area contributed by atoms with Gasteiger partial charge < -0.3 is 15.5 Å². The lowest BCUT2D eigenvalue weighted by atomic mass is 10.0. The molecule has 8 heteroatoms. The number of carbonyl (C=O) groups excluding carboxylic acids is 1. The van der Waals surface area contributed by atoms with Crippen LogP contribution in [0, 0.1) is 18.8 Å². The summed E-state index contributed by atoms with van der Waals surface area (Å²) in [6, 6.07) is 7.30. The Balaban J connectivity index is 1.58. The Bertz CT molecular complexity index is 1350. The molecule has 1 unspecified atom stereocenters. The van der Waals surface area contributed by atoms with Gasteiger partial charge in [-0.15, -0.1) is 0 Å². The number of aryl methyl sites for hydroxylation is 1. The Kier molecular flexibility index (Phi) is 3.70. The number of aromatic amines is 1. The van der Waals surface area contributed by atoms with Crippen molar-refractivity contribution in [3.05, 3.63) is 46.6 Å². The van der Waals surface area contributed by atoms with E-state index < -0.39 is 5.76 Å². The van der Waals surface area contributed by atoms with Crippen molar-refractivity contribution < 1.29 is 9.21 Å². The van der Waals surface area contributed by atoms with Gasteiger partial charge in [-0.05, 0) is 54.5 Å². The zero-order chi connectivity index (χ0) is 20.3. The molecule has 1 saturated carbocycles. The molecular weight excluding hydrogens is 370 g/mol. The van der Waals surface area contributed by atoms with E-state index in [1.54, 1.807) is 18.3 Å². The van der Waals surface area contributed by atoms with Crippen LogP contribution in [0.5, 0.6) is 0 Å². The number of oxazole rings is 1. The van der Waals surface area contributed by atoms with Crippen LogP contribution in [-0.2, 0) is 4.79 Å². The Morgan fingerprint density at radius 1 is 1.31 bits per heavy atom. The second-order valence-corrected chi connectivity index (χ2v) is 7.67. The molecule has 0 bridgehead atoms. The van der Waals surface area contributed by atoms with Crippen molar-refractivity contribution in [3.8, 4) is 11.3 Å². The fourth-order valence-electron chi connectivity index (χ4n) is 3.67. The maximum atomic E-state index is 12.2. The molecule has 1 aliphatic carbocycles. The Labute approximate surface area is 165 Å². The molecule has 8 nitrogen and oxygen atoms in total. The molecule has 0 spiro atoms. The molecule has 3 heterocycles. The summed E-state index contributed by atoms with van der Waals surface area (Å²) in [5.41, 5.74) is 9.64. The van der Waals surface area contributed by atoms with E-state index in [0.717, 1.165) is 22.9 Å². The van der Waals surface area contributed by atoms with E-state index in [4.69, 9.17) is 10.2 Å². The number of anilines is 2. The SMILES string of the molecule is Cc1cc2[nH]c(=O)oc2cc1-c1cc2cc(NC(=O)C3C[C@H]3C)ncc2c(N)n1. The summed E-state index contributed by atoms with van der Waals surface area (Å²) < 4.78 is 5.17. The lowest BCUT2D eigenvalue weighted by Crippen LogP contribution is -2.15. The largest absolute Gasteiger partial charge is 0.417 e. The predicted molar refractivity (Wildman–Crippen MR) is 110 cm³/mol. The summed E-state index contributed by atoms with van der Waals surface area (Å²) in [7, 11) is 0. The van der Waals surface area contributed by atoms with Crippen LogP contribution in [0.25, 0.3) is 33.1 Å². The van der Waals surface area contributed by atoms with E-state index >= 15 is 0 Å². The van der Waals surface area contributed by atoms with Crippen LogP contribution in [0.1, 0.15) is 18.9 Å². The van der Waals surface area contributed by atoms with Crippen LogP contribution in [0.2, 0.25) is 0 Å². The fourth-order valence-corrected chi connectivity index (χ4v) is 3.67. The summed E-state index contributed by atoms with van der Waals surface area (Å²) >= 11 is 0. The molecule has 2 atom stereocenters. The van der Waals surface area contributed by atoms with Crippen LogP contribution in [0.3, 0.4) is 0 Å². The summed E-state index contributed by atoms with van der Waals surface area (Å²) in [6.07, 6.45) is 2.53. The molecule has 0 aliphatic heterocycles. The summed E-state index contributed by atoms with van der Waals surface area (Å²) in [5, 5.41) is 4.40. The van der Waals surface area contributed by atoms with Crippen molar-refractivity contribution in [2.75, 3.05) is 11.1 Å². The molecule has 4 N–H and O–H groups in total. The minimum Gasteiger partial charge on any atom is -0.408 e. The Morgan fingerprint density at radius 2 is 2.10 bits per heavy atom. The predicted octanol–water partition coefficient (Wildman–Crippen LogP) is 3.22. The van der Waals surface area contributed by atoms with E-state index in [9.17, 15) is 9.59 Å². The molecule has 4 aromatic rings. The number of rotatable bonds is 3. The molecule has 1 fully saturated rings. The van der Waals surface area contributed by atoms with Crippen molar-refractivity contribution >= 4 is 39.4 Å². The third-order valence-electron chi connectivity index (χ3n) is 5.48. The first-order valence-corrected chi connectivity index (χ1v) is 9.40. The van der Waals surface area contributed by atoms with Gasteiger partial charge >= 0.3 is 5.76 Å². The molecular formula is C21H19N5O3. The minimum absolute atomic E-state index is 0.00427. The molecule has 0 radical (unpaired) electrons. The van der Waals surface area contributed by atoms with Crippen molar-refractivity contribution in [3.63, 3.8) is 0 Å². The number of carbonyl (C=O) groups is 1. The Morgan fingerprint density at radius 3 is 2.86 bits per heavy atom. The lowest BCUT2D eigenvalue weighted by molar-refractivity contribution is -0.117. The highest BCUT2D eigenvalue weighted by atomic mass is 16.4. The van der Waals surface area contributed by atoms with Gasteiger partial charge in [0.05, 0.1) is 11.2 Å². The molecule has 0 saturated heterocycles. The van der Waals surface area contributed by atoms with Crippen molar-refractivity contribution in [1.29, 1.82) is 0 Å². The van der Waals surface area contributed by atoms with E-state index in [0.29, 0.717) is 39.7 Å². The number of fused-ring (bicyclic) bond motifs is 2. The van der Waals surface area contributed by atoms with Gasteiger partial charge in [0, 0.05) is 23.1 Å². The standard InChI is InChI=1S/C21H19N5O3/c1-9-3-13(9)20(27)26-18-6-11-5-15(24-19(22)14(11)8-23-18)12-7-17-16(4-10(12)2)25-21(28)29-17/h4-9,13H,3H2,1-2H3,(H2,22,24)(H,25,28)(H,23,26,27)/t9-,13?/m1/s1. The monoisotopic (exact) mass is 389 g/mol. The number of nitrogen functional groups attached to an aromatic ring is 1. The van der Waals surface area contributed by atoms with Crippen molar-refractivity contribution in [2.45, 2.75) is 20.3 Å². The zero-order valence-corrected chi connectivity index (χ0v) is 15.9. The second kappa shape index (κ2) is 6.16. The highest BCUT2D eigenvalue weighted by molar-refractivity contribution is 5.98. The molecule has 5 rings (SSSR count). The molecule has 1 aliphatic rings. The summed E-state index contributed by atoms with van der Waals surface area (Å²) in [5.74, 6) is 0.814. The zero-order valence-electron chi connectivity index (χ0n) is 15.9. The molecule has 29 heavy (non-hydrogen) atoms. The van der Waals surface area contributed by atoms with Crippen LogP contribution in [0.4, 0.5) is 11.6 Å². The lowest BCUT2D eigenvalue weighted by Gasteiger charge is -2.10. The highest BCUT2D eigenvalue weighted by Gasteiger charge is 2.39. The minimum atomic E-state index is -0.501. The normalized spacial score (nSPS) is 18.3.